The molecule has 0 unspecified atom stereocenters. The van der Waals surface area contributed by atoms with E-state index in [1.165, 1.54) is 5.56 Å². The standard InChI is InChI=1S/C14H18OS/c1-12(2)16-11-14-8-6-13(7-9-14)5-3-4-10-15/h6-9,12,15H,4,10-11H2,1-2H3. The molecule has 2 heteroatoms. The first kappa shape index (κ1) is 13.2. The minimum absolute atomic E-state index is 0.135. The average molecular weight is 234 g/mol. The van der Waals surface area contributed by atoms with Crippen molar-refractivity contribution in [2.24, 2.45) is 0 Å². The number of benzene rings is 1. The van der Waals surface area contributed by atoms with Crippen LogP contribution >= 0.6 is 11.8 Å². The van der Waals surface area contributed by atoms with Crippen LogP contribution in [0, 0.1) is 11.8 Å². The SMILES string of the molecule is CC(C)SCc1ccc(C#CCCO)cc1. The molecule has 0 bridgehead atoms. The molecule has 1 aromatic carbocycles. The first-order chi connectivity index (χ1) is 7.72. The van der Waals surface area contributed by atoms with Crippen LogP contribution in [0.4, 0.5) is 0 Å². The zero-order chi connectivity index (χ0) is 11.8. The molecule has 0 aliphatic carbocycles. The Labute approximate surface area is 102 Å². The van der Waals surface area contributed by atoms with E-state index < -0.39 is 0 Å². The number of rotatable bonds is 4. The molecule has 0 saturated heterocycles. The minimum Gasteiger partial charge on any atom is -0.395 e. The van der Waals surface area contributed by atoms with E-state index in [0.717, 1.165) is 11.3 Å². The molecule has 0 amide bonds. The highest BCUT2D eigenvalue weighted by Gasteiger charge is 1.96. The van der Waals surface area contributed by atoms with Crippen molar-refractivity contribution < 1.29 is 5.11 Å². The summed E-state index contributed by atoms with van der Waals surface area (Å²) in [5.74, 6) is 6.99. The third-order valence-corrected chi connectivity index (χ3v) is 3.17. The lowest BCUT2D eigenvalue weighted by Gasteiger charge is -2.04. The van der Waals surface area contributed by atoms with E-state index in [2.05, 4.69) is 37.8 Å². The molecule has 0 fully saturated rings. The molecular formula is C14H18OS. The summed E-state index contributed by atoms with van der Waals surface area (Å²) in [6, 6.07) is 8.33. The van der Waals surface area contributed by atoms with Crippen molar-refractivity contribution in [1.82, 2.24) is 0 Å². The molecule has 0 aliphatic rings. The van der Waals surface area contributed by atoms with Crippen LogP contribution in [-0.4, -0.2) is 17.0 Å². The van der Waals surface area contributed by atoms with Gasteiger partial charge in [0.2, 0.25) is 0 Å². The maximum atomic E-state index is 8.61. The molecule has 16 heavy (non-hydrogen) atoms. The molecule has 0 spiro atoms. The monoisotopic (exact) mass is 234 g/mol. The molecule has 1 rings (SSSR count). The summed E-state index contributed by atoms with van der Waals surface area (Å²) in [7, 11) is 0. The Morgan fingerprint density at radius 1 is 1.25 bits per heavy atom. The quantitative estimate of drug-likeness (QED) is 0.808. The van der Waals surface area contributed by atoms with Gasteiger partial charge in [0, 0.05) is 17.7 Å². The summed E-state index contributed by atoms with van der Waals surface area (Å²) in [6.45, 7) is 4.55. The van der Waals surface area contributed by atoms with Crippen LogP contribution in [0.5, 0.6) is 0 Å². The smallest absolute Gasteiger partial charge is 0.0540 e. The molecule has 1 nitrogen and oxygen atoms in total. The molecule has 0 radical (unpaired) electrons. The van der Waals surface area contributed by atoms with Gasteiger partial charge in [-0.15, -0.1) is 0 Å². The van der Waals surface area contributed by atoms with E-state index in [1.807, 2.05) is 23.9 Å². The van der Waals surface area contributed by atoms with Crippen LogP contribution in [-0.2, 0) is 5.75 Å². The van der Waals surface area contributed by atoms with Gasteiger partial charge in [0.25, 0.3) is 0 Å². The average Bonchev–Trinajstić information content (AvgIpc) is 2.28. The van der Waals surface area contributed by atoms with E-state index in [9.17, 15) is 0 Å². The predicted octanol–water partition coefficient (Wildman–Crippen LogP) is 3.06. The molecule has 0 aromatic heterocycles. The van der Waals surface area contributed by atoms with Crippen LogP contribution in [0.2, 0.25) is 0 Å². The highest BCUT2D eigenvalue weighted by molar-refractivity contribution is 7.99. The van der Waals surface area contributed by atoms with Gasteiger partial charge in [-0.3, -0.25) is 0 Å². The third-order valence-electron chi connectivity index (χ3n) is 2.01. The van der Waals surface area contributed by atoms with E-state index in [1.54, 1.807) is 0 Å². The highest BCUT2D eigenvalue weighted by atomic mass is 32.2. The number of aliphatic hydroxyl groups excluding tert-OH is 1. The fourth-order valence-corrected chi connectivity index (χ4v) is 1.89. The van der Waals surface area contributed by atoms with Gasteiger partial charge >= 0.3 is 0 Å². The molecule has 1 N–H and O–H groups in total. The number of thioether (sulfide) groups is 1. The van der Waals surface area contributed by atoms with E-state index in [4.69, 9.17) is 5.11 Å². The molecule has 0 aliphatic heterocycles. The Hall–Kier alpha value is -0.910. The fourth-order valence-electron chi connectivity index (χ4n) is 1.17. The molecule has 0 saturated carbocycles. The van der Waals surface area contributed by atoms with Crippen LogP contribution in [0.3, 0.4) is 0 Å². The Balaban J connectivity index is 2.52. The maximum absolute atomic E-state index is 8.61. The van der Waals surface area contributed by atoms with E-state index in [-0.39, 0.29) is 6.61 Å². The molecular weight excluding hydrogens is 216 g/mol. The number of hydrogen-bond acceptors (Lipinski definition) is 2. The molecule has 1 aromatic rings. The van der Waals surface area contributed by atoms with Crippen molar-refractivity contribution in [3.8, 4) is 11.8 Å². The Kier molecular flexibility index (Phi) is 6.07. The summed E-state index contributed by atoms with van der Waals surface area (Å²) < 4.78 is 0. The van der Waals surface area contributed by atoms with Crippen molar-refractivity contribution in [3.63, 3.8) is 0 Å². The zero-order valence-corrected chi connectivity index (χ0v) is 10.7. The lowest BCUT2D eigenvalue weighted by molar-refractivity contribution is 0.305. The predicted molar refractivity (Wildman–Crippen MR) is 71.5 cm³/mol. The van der Waals surface area contributed by atoms with E-state index >= 15 is 0 Å². The van der Waals surface area contributed by atoms with Crippen molar-refractivity contribution in [1.29, 1.82) is 0 Å². The minimum atomic E-state index is 0.135. The third kappa shape index (κ3) is 5.25. The second-order valence-electron chi connectivity index (χ2n) is 3.83. The molecule has 0 atom stereocenters. The van der Waals surface area contributed by atoms with Gasteiger partial charge in [0.05, 0.1) is 6.61 Å². The number of hydrogen-bond donors (Lipinski definition) is 1. The van der Waals surface area contributed by atoms with Gasteiger partial charge in [-0.2, -0.15) is 11.8 Å². The molecule has 86 valence electrons. The maximum Gasteiger partial charge on any atom is 0.0540 e. The van der Waals surface area contributed by atoms with Crippen LogP contribution in [0.1, 0.15) is 31.4 Å². The first-order valence-corrected chi connectivity index (χ1v) is 6.57. The van der Waals surface area contributed by atoms with Crippen molar-refractivity contribution in [2.45, 2.75) is 31.3 Å². The summed E-state index contributed by atoms with van der Waals surface area (Å²) >= 11 is 1.94. The molecule has 0 heterocycles. The second kappa shape index (κ2) is 7.38. The second-order valence-corrected chi connectivity index (χ2v) is 5.40. The van der Waals surface area contributed by atoms with Crippen molar-refractivity contribution in [3.05, 3.63) is 35.4 Å². The fraction of sp³-hybridized carbons (Fsp3) is 0.429. The van der Waals surface area contributed by atoms with Gasteiger partial charge in [0.1, 0.15) is 0 Å². The topological polar surface area (TPSA) is 20.2 Å². The van der Waals surface area contributed by atoms with Crippen molar-refractivity contribution >= 4 is 11.8 Å². The summed E-state index contributed by atoms with van der Waals surface area (Å²) in [6.07, 6.45) is 0.547. The summed E-state index contributed by atoms with van der Waals surface area (Å²) in [4.78, 5) is 0. The van der Waals surface area contributed by atoms with Gasteiger partial charge in [-0.05, 0) is 22.9 Å². The van der Waals surface area contributed by atoms with Gasteiger partial charge in [-0.25, -0.2) is 0 Å². The van der Waals surface area contributed by atoms with Crippen LogP contribution < -0.4 is 0 Å². The normalized spacial score (nSPS) is 10.0. The Bertz CT molecular complexity index is 357. The van der Waals surface area contributed by atoms with Gasteiger partial charge < -0.3 is 5.11 Å². The van der Waals surface area contributed by atoms with Crippen molar-refractivity contribution in [2.75, 3.05) is 6.61 Å². The zero-order valence-electron chi connectivity index (χ0n) is 9.86. The largest absolute Gasteiger partial charge is 0.395 e. The van der Waals surface area contributed by atoms with Crippen LogP contribution in [0.15, 0.2) is 24.3 Å². The van der Waals surface area contributed by atoms with E-state index in [0.29, 0.717) is 11.7 Å². The van der Waals surface area contributed by atoms with Gasteiger partial charge in [-0.1, -0.05) is 37.8 Å². The highest BCUT2D eigenvalue weighted by Crippen LogP contribution is 2.17. The summed E-state index contributed by atoms with van der Waals surface area (Å²) in [5.41, 5.74) is 2.36. The van der Waals surface area contributed by atoms with Gasteiger partial charge in [0.15, 0.2) is 0 Å². The number of aliphatic hydroxyl groups is 1. The summed E-state index contributed by atoms with van der Waals surface area (Å²) in [5, 5.41) is 9.28. The Morgan fingerprint density at radius 2 is 1.94 bits per heavy atom. The van der Waals surface area contributed by atoms with Crippen LogP contribution in [0.25, 0.3) is 0 Å². The lowest BCUT2D eigenvalue weighted by atomic mass is 10.1. The lowest BCUT2D eigenvalue weighted by Crippen LogP contribution is -1.88. The Morgan fingerprint density at radius 3 is 2.50 bits per heavy atom. The first-order valence-electron chi connectivity index (χ1n) is 5.52.